The van der Waals surface area contributed by atoms with E-state index in [1.807, 2.05) is 6.92 Å². The molecule has 0 bridgehead atoms. The van der Waals surface area contributed by atoms with Gasteiger partial charge in [0.25, 0.3) is 0 Å². The summed E-state index contributed by atoms with van der Waals surface area (Å²) in [5.41, 5.74) is 0. The van der Waals surface area contributed by atoms with Crippen LogP contribution in [0, 0.1) is 0 Å². The standard InChI is InChI=1S/C6H13O2.Al.2H/c1-3-4-5-8-6(2)7;;;/h6H,3-5H2,1-2H3;;;/q-1;+1;;. The molecule has 3 heteroatoms. The van der Waals surface area contributed by atoms with Gasteiger partial charge in [-0.25, -0.2) is 0 Å². The molecule has 0 aromatic rings. The van der Waals surface area contributed by atoms with E-state index in [2.05, 4.69) is 6.92 Å². The molecule has 0 N–H and O–H groups in total. The van der Waals surface area contributed by atoms with Crippen LogP contribution in [0.25, 0.3) is 0 Å². The van der Waals surface area contributed by atoms with Gasteiger partial charge in [-0.1, -0.05) is 13.3 Å². The van der Waals surface area contributed by atoms with Crippen LogP contribution in [0.2, 0.25) is 0 Å². The lowest BCUT2D eigenvalue weighted by Gasteiger charge is -2.11. The number of ether oxygens (including phenoxy) is 1. The summed E-state index contributed by atoms with van der Waals surface area (Å²) >= 11 is 0.766. The van der Waals surface area contributed by atoms with Crippen LogP contribution in [0.4, 0.5) is 0 Å². The summed E-state index contributed by atoms with van der Waals surface area (Å²) in [6, 6.07) is 0. The second-order valence-electron chi connectivity index (χ2n) is 2.03. The van der Waals surface area contributed by atoms with Crippen molar-refractivity contribution in [2.24, 2.45) is 0 Å². The molecule has 0 rings (SSSR count). The summed E-state index contributed by atoms with van der Waals surface area (Å²) < 4.78 is 10.3. The maximum absolute atomic E-state index is 5.24. The molecule has 0 radical (unpaired) electrons. The molecular formula is C6H15AlO2. The molecule has 1 unspecified atom stereocenters. The molecule has 0 saturated heterocycles. The van der Waals surface area contributed by atoms with Crippen LogP contribution in [0.3, 0.4) is 0 Å². The van der Waals surface area contributed by atoms with Gasteiger partial charge in [0, 0.05) is 6.61 Å². The summed E-state index contributed by atoms with van der Waals surface area (Å²) in [7, 11) is 0. The second kappa shape index (κ2) is 6.57. The predicted molar refractivity (Wildman–Crippen MR) is 40.0 cm³/mol. The van der Waals surface area contributed by atoms with E-state index in [1.54, 1.807) is 0 Å². The summed E-state index contributed by atoms with van der Waals surface area (Å²) in [6.07, 6.45) is 2.34. The van der Waals surface area contributed by atoms with E-state index < -0.39 is 0 Å². The van der Waals surface area contributed by atoms with Crippen LogP contribution in [0.1, 0.15) is 26.7 Å². The van der Waals surface area contributed by atoms with Crippen molar-refractivity contribution < 1.29 is 8.53 Å². The molecule has 9 heavy (non-hydrogen) atoms. The molecule has 0 aliphatic rings. The highest BCUT2D eigenvalue weighted by atomic mass is 27.1. The molecule has 0 aliphatic heterocycles. The van der Waals surface area contributed by atoms with E-state index >= 15 is 0 Å². The van der Waals surface area contributed by atoms with Crippen molar-refractivity contribution in [1.82, 2.24) is 0 Å². The summed E-state index contributed by atoms with van der Waals surface area (Å²) in [5, 5.41) is 0. The van der Waals surface area contributed by atoms with Gasteiger partial charge >= 0.3 is 16.6 Å². The maximum Gasteiger partial charge on any atom is 0.413 e. The van der Waals surface area contributed by atoms with Crippen molar-refractivity contribution in [3.05, 3.63) is 0 Å². The topological polar surface area (TPSA) is 18.5 Å². The molecule has 0 heterocycles. The van der Waals surface area contributed by atoms with E-state index in [9.17, 15) is 0 Å². The fourth-order valence-corrected chi connectivity index (χ4v) is 0.598. The van der Waals surface area contributed by atoms with Crippen molar-refractivity contribution in [1.29, 1.82) is 0 Å². The fraction of sp³-hybridized carbons (Fsp3) is 1.00. The fourth-order valence-electron chi connectivity index (χ4n) is 0.462. The van der Waals surface area contributed by atoms with Gasteiger partial charge < -0.3 is 8.53 Å². The lowest BCUT2D eigenvalue weighted by molar-refractivity contribution is -0.0635. The van der Waals surface area contributed by atoms with Gasteiger partial charge in [-0.3, -0.25) is 0 Å². The third-order valence-electron chi connectivity index (χ3n) is 1.18. The maximum atomic E-state index is 5.24. The Morgan fingerprint density at radius 2 is 2.22 bits per heavy atom. The highest BCUT2D eigenvalue weighted by Crippen LogP contribution is 1.93. The molecular weight excluding hydrogens is 131 g/mol. The van der Waals surface area contributed by atoms with Crippen LogP contribution in [0.15, 0.2) is 0 Å². The predicted octanol–water partition coefficient (Wildman–Crippen LogP) is 0.714. The normalized spacial score (nSPS) is 13.6. The van der Waals surface area contributed by atoms with E-state index in [1.165, 1.54) is 6.42 Å². The SMILES string of the molecule is CCCCOC(C)[O][AlH2]. The summed E-state index contributed by atoms with van der Waals surface area (Å²) in [4.78, 5) is 0. The van der Waals surface area contributed by atoms with Gasteiger partial charge in [-0.05, 0) is 13.3 Å². The highest BCUT2D eigenvalue weighted by molar-refractivity contribution is 5.98. The molecule has 0 amide bonds. The molecule has 0 aromatic carbocycles. The van der Waals surface area contributed by atoms with Gasteiger partial charge in [0.1, 0.15) is 6.29 Å². The van der Waals surface area contributed by atoms with Crippen LogP contribution < -0.4 is 0 Å². The monoisotopic (exact) mass is 146 g/mol. The number of hydrogen-bond donors (Lipinski definition) is 0. The first kappa shape index (κ1) is 9.45. The van der Waals surface area contributed by atoms with Crippen molar-refractivity contribution in [2.45, 2.75) is 33.0 Å². The number of hydrogen-bond acceptors (Lipinski definition) is 2. The second-order valence-corrected chi connectivity index (χ2v) is 2.50. The number of rotatable bonds is 5. The Morgan fingerprint density at radius 3 is 2.67 bits per heavy atom. The average molecular weight is 146 g/mol. The number of unbranched alkanes of at least 4 members (excludes halogenated alkanes) is 1. The molecule has 0 spiro atoms. The molecule has 0 saturated carbocycles. The highest BCUT2D eigenvalue weighted by Gasteiger charge is 1.94. The van der Waals surface area contributed by atoms with Crippen molar-refractivity contribution in [2.75, 3.05) is 6.61 Å². The first-order valence-electron chi connectivity index (χ1n) is 3.45. The average Bonchev–Trinajstić information content (AvgIpc) is 1.89. The Labute approximate surface area is 65.3 Å². The van der Waals surface area contributed by atoms with Crippen LogP contribution in [-0.4, -0.2) is 29.5 Å². The Hall–Kier alpha value is 0.452. The molecule has 1 atom stereocenters. The Bertz CT molecular complexity index is 59.0. The van der Waals surface area contributed by atoms with Gasteiger partial charge in [-0.15, -0.1) is 0 Å². The van der Waals surface area contributed by atoms with Gasteiger partial charge in [0.15, 0.2) is 0 Å². The Morgan fingerprint density at radius 1 is 1.56 bits per heavy atom. The summed E-state index contributed by atoms with van der Waals surface area (Å²) in [5.74, 6) is 0. The minimum atomic E-state index is 0.0169. The minimum absolute atomic E-state index is 0.0169. The molecule has 54 valence electrons. The van der Waals surface area contributed by atoms with Gasteiger partial charge in [0.05, 0.1) is 0 Å². The molecule has 0 aromatic heterocycles. The Balaban J connectivity index is 2.88. The lowest BCUT2D eigenvalue weighted by atomic mass is 10.4. The van der Waals surface area contributed by atoms with Crippen molar-refractivity contribution >= 4 is 16.6 Å². The molecule has 2 nitrogen and oxygen atoms in total. The minimum Gasteiger partial charge on any atom is -0.484 e. The van der Waals surface area contributed by atoms with Crippen LogP contribution in [-0.2, 0) is 8.53 Å². The van der Waals surface area contributed by atoms with Crippen LogP contribution >= 0.6 is 0 Å². The third-order valence-corrected chi connectivity index (χ3v) is 1.85. The summed E-state index contributed by atoms with van der Waals surface area (Å²) in [6.45, 7) is 4.91. The third kappa shape index (κ3) is 6.34. The molecule has 0 aliphatic carbocycles. The van der Waals surface area contributed by atoms with E-state index in [0.29, 0.717) is 0 Å². The zero-order chi connectivity index (χ0) is 7.11. The van der Waals surface area contributed by atoms with Crippen LogP contribution in [0.5, 0.6) is 0 Å². The van der Waals surface area contributed by atoms with E-state index in [4.69, 9.17) is 8.53 Å². The van der Waals surface area contributed by atoms with Crippen molar-refractivity contribution in [3.63, 3.8) is 0 Å². The van der Waals surface area contributed by atoms with E-state index in [-0.39, 0.29) is 6.29 Å². The quantitative estimate of drug-likeness (QED) is 0.323. The molecule has 0 fully saturated rings. The zero-order valence-electron chi connectivity index (χ0n) is 6.52. The lowest BCUT2D eigenvalue weighted by Crippen LogP contribution is -2.11. The van der Waals surface area contributed by atoms with E-state index in [0.717, 1.165) is 29.7 Å². The first-order chi connectivity index (χ1) is 4.31. The zero-order valence-corrected chi connectivity index (χ0v) is 8.52. The van der Waals surface area contributed by atoms with Gasteiger partial charge in [0.2, 0.25) is 0 Å². The Kier molecular flexibility index (Phi) is 6.90. The van der Waals surface area contributed by atoms with Crippen molar-refractivity contribution in [3.8, 4) is 0 Å². The largest absolute Gasteiger partial charge is 0.484 e. The van der Waals surface area contributed by atoms with Gasteiger partial charge in [-0.2, -0.15) is 0 Å². The smallest absolute Gasteiger partial charge is 0.413 e. The first-order valence-corrected chi connectivity index (χ1v) is 4.27.